The average Bonchev–Trinajstić information content (AvgIpc) is 2.99. The van der Waals surface area contributed by atoms with Crippen molar-refractivity contribution in [2.75, 3.05) is 26.6 Å². The topological polar surface area (TPSA) is 75.5 Å². The number of thioether (sulfide) groups is 1. The summed E-state index contributed by atoms with van der Waals surface area (Å²) in [5.74, 6) is 1.18. The van der Waals surface area contributed by atoms with Crippen LogP contribution in [0.2, 0.25) is 5.02 Å². The molecule has 0 unspecified atom stereocenters. The minimum Gasteiger partial charge on any atom is -0.486 e. The number of halogens is 1. The molecular weight excluding hydrogens is 354 g/mol. The van der Waals surface area contributed by atoms with E-state index in [-0.39, 0.29) is 18.3 Å². The summed E-state index contributed by atoms with van der Waals surface area (Å²) in [4.78, 5) is 11.3. The number of rotatable bonds is 9. The van der Waals surface area contributed by atoms with E-state index in [0.717, 1.165) is 0 Å². The fourth-order valence-electron chi connectivity index (χ4n) is 1.80. The normalized spacial score (nSPS) is 10.6. The van der Waals surface area contributed by atoms with Gasteiger partial charge in [0.25, 0.3) is 0 Å². The first-order valence-corrected chi connectivity index (χ1v) is 8.49. The summed E-state index contributed by atoms with van der Waals surface area (Å²) >= 11 is 7.11. The van der Waals surface area contributed by atoms with Gasteiger partial charge in [0, 0.05) is 18.7 Å². The molecule has 130 valence electrons. The molecule has 1 heterocycles. The maximum Gasteiger partial charge on any atom is 0.316 e. The molecule has 24 heavy (non-hydrogen) atoms. The van der Waals surface area contributed by atoms with Gasteiger partial charge in [-0.3, -0.25) is 4.79 Å². The number of hydrogen-bond donors (Lipinski definition) is 0. The number of esters is 1. The van der Waals surface area contributed by atoms with Gasteiger partial charge < -0.3 is 18.8 Å². The Morgan fingerprint density at radius 2 is 2.00 bits per heavy atom. The number of benzene rings is 1. The van der Waals surface area contributed by atoms with Crippen molar-refractivity contribution >= 4 is 29.3 Å². The monoisotopic (exact) mass is 371 g/mol. The molecule has 9 heteroatoms. The highest BCUT2D eigenvalue weighted by Gasteiger charge is 2.15. The number of ether oxygens (including phenoxy) is 3. The van der Waals surface area contributed by atoms with Crippen LogP contribution in [-0.2, 0) is 27.4 Å². The Morgan fingerprint density at radius 3 is 2.67 bits per heavy atom. The fraction of sp³-hybridized carbons (Fsp3) is 0.400. The van der Waals surface area contributed by atoms with E-state index in [1.165, 1.54) is 18.9 Å². The molecule has 0 aliphatic rings. The molecule has 0 atom stereocenters. The highest BCUT2D eigenvalue weighted by molar-refractivity contribution is 7.99. The molecule has 0 amide bonds. The van der Waals surface area contributed by atoms with Gasteiger partial charge in [-0.05, 0) is 24.3 Å². The number of carbonyl (C=O) groups excluding carboxylic acids is 1. The number of hydrogen-bond acceptors (Lipinski definition) is 7. The molecule has 2 aromatic rings. The van der Waals surface area contributed by atoms with Crippen LogP contribution in [0.1, 0.15) is 5.82 Å². The van der Waals surface area contributed by atoms with E-state index in [4.69, 9.17) is 21.1 Å². The molecule has 1 aromatic heterocycles. The molecular formula is C15H18ClN3O4S. The van der Waals surface area contributed by atoms with Crippen LogP contribution in [0.5, 0.6) is 5.75 Å². The van der Waals surface area contributed by atoms with Crippen LogP contribution < -0.4 is 4.74 Å². The summed E-state index contributed by atoms with van der Waals surface area (Å²) in [6.45, 7) is 1.31. The molecule has 0 bridgehead atoms. The van der Waals surface area contributed by atoms with E-state index >= 15 is 0 Å². The minimum absolute atomic E-state index is 0.166. The fourth-order valence-corrected chi connectivity index (χ4v) is 2.74. The van der Waals surface area contributed by atoms with E-state index in [0.29, 0.717) is 34.9 Å². The second-order valence-electron chi connectivity index (χ2n) is 4.65. The first-order valence-electron chi connectivity index (χ1n) is 7.13. The Morgan fingerprint density at radius 1 is 1.25 bits per heavy atom. The van der Waals surface area contributed by atoms with Gasteiger partial charge in [0.15, 0.2) is 11.0 Å². The van der Waals surface area contributed by atoms with Crippen LogP contribution in [0.25, 0.3) is 0 Å². The smallest absolute Gasteiger partial charge is 0.316 e. The third-order valence-electron chi connectivity index (χ3n) is 3.04. The van der Waals surface area contributed by atoms with Crippen molar-refractivity contribution in [2.24, 2.45) is 0 Å². The molecule has 1 aromatic carbocycles. The molecule has 0 saturated carbocycles. The lowest BCUT2D eigenvalue weighted by Crippen LogP contribution is -2.12. The number of carbonyl (C=O) groups is 1. The molecule has 0 aliphatic heterocycles. The summed E-state index contributed by atoms with van der Waals surface area (Å²) in [5.41, 5.74) is 0. The summed E-state index contributed by atoms with van der Waals surface area (Å²) in [6, 6.07) is 7.07. The summed E-state index contributed by atoms with van der Waals surface area (Å²) in [6.07, 6.45) is 0. The lowest BCUT2D eigenvalue weighted by molar-refractivity contribution is -0.137. The molecule has 0 N–H and O–H groups in total. The second-order valence-corrected chi connectivity index (χ2v) is 6.03. The maximum absolute atomic E-state index is 11.3. The van der Waals surface area contributed by atoms with Crippen LogP contribution in [0, 0.1) is 0 Å². The Hall–Kier alpha value is -1.77. The standard InChI is InChI=1S/C15H18ClN3O4S/c1-21-8-7-19-13(9-23-12-5-3-11(16)4-6-12)17-18-15(19)24-10-14(20)22-2/h3-6H,7-10H2,1-2H3. The van der Waals surface area contributed by atoms with Crippen LogP contribution in [0.4, 0.5) is 0 Å². The summed E-state index contributed by atoms with van der Waals surface area (Å²) in [7, 11) is 2.97. The molecule has 0 saturated heterocycles. The van der Waals surface area contributed by atoms with Crippen molar-refractivity contribution in [3.05, 3.63) is 35.1 Å². The lowest BCUT2D eigenvalue weighted by Gasteiger charge is -2.10. The van der Waals surface area contributed by atoms with Crippen molar-refractivity contribution < 1.29 is 19.0 Å². The summed E-state index contributed by atoms with van der Waals surface area (Å²) < 4.78 is 17.3. The van der Waals surface area contributed by atoms with Gasteiger partial charge in [-0.15, -0.1) is 10.2 Å². The molecule has 0 aliphatic carbocycles. The lowest BCUT2D eigenvalue weighted by atomic mass is 10.3. The molecule has 0 fully saturated rings. The van der Waals surface area contributed by atoms with Crippen LogP contribution in [-0.4, -0.2) is 47.3 Å². The molecule has 7 nitrogen and oxygen atoms in total. The van der Waals surface area contributed by atoms with Crippen molar-refractivity contribution in [1.29, 1.82) is 0 Å². The minimum atomic E-state index is -0.319. The predicted octanol–water partition coefficient (Wildman–Crippen LogP) is 2.42. The van der Waals surface area contributed by atoms with Crippen LogP contribution in [0.3, 0.4) is 0 Å². The van der Waals surface area contributed by atoms with Crippen molar-refractivity contribution in [2.45, 2.75) is 18.3 Å². The van der Waals surface area contributed by atoms with Gasteiger partial charge in [-0.2, -0.15) is 0 Å². The Balaban J connectivity index is 2.05. The van der Waals surface area contributed by atoms with Gasteiger partial charge in [-0.1, -0.05) is 23.4 Å². The molecule has 0 radical (unpaired) electrons. The molecule has 2 rings (SSSR count). The van der Waals surface area contributed by atoms with E-state index in [2.05, 4.69) is 14.9 Å². The van der Waals surface area contributed by atoms with Gasteiger partial charge in [0.2, 0.25) is 0 Å². The van der Waals surface area contributed by atoms with Gasteiger partial charge >= 0.3 is 5.97 Å². The zero-order valence-corrected chi connectivity index (χ0v) is 15.0. The zero-order chi connectivity index (χ0) is 17.4. The van der Waals surface area contributed by atoms with Crippen molar-refractivity contribution in [3.63, 3.8) is 0 Å². The van der Waals surface area contributed by atoms with Gasteiger partial charge in [-0.25, -0.2) is 0 Å². The highest BCUT2D eigenvalue weighted by atomic mass is 35.5. The zero-order valence-electron chi connectivity index (χ0n) is 13.4. The number of methoxy groups -OCH3 is 2. The Bertz CT molecular complexity index is 663. The van der Waals surface area contributed by atoms with Crippen molar-refractivity contribution in [3.8, 4) is 5.75 Å². The summed E-state index contributed by atoms with van der Waals surface area (Å²) in [5, 5.41) is 9.52. The van der Waals surface area contributed by atoms with E-state index in [1.54, 1.807) is 31.4 Å². The first kappa shape index (κ1) is 18.6. The third-order valence-corrected chi connectivity index (χ3v) is 4.23. The Kier molecular flexibility index (Phi) is 7.36. The Labute approximate surface area is 149 Å². The van der Waals surface area contributed by atoms with E-state index in [9.17, 15) is 4.79 Å². The first-order chi connectivity index (χ1) is 11.6. The molecule has 0 spiro atoms. The number of aromatic nitrogens is 3. The largest absolute Gasteiger partial charge is 0.486 e. The van der Waals surface area contributed by atoms with Crippen LogP contribution >= 0.6 is 23.4 Å². The highest BCUT2D eigenvalue weighted by Crippen LogP contribution is 2.20. The average molecular weight is 372 g/mol. The third kappa shape index (κ3) is 5.40. The van der Waals surface area contributed by atoms with Crippen LogP contribution in [0.15, 0.2) is 29.4 Å². The second kappa shape index (κ2) is 9.51. The van der Waals surface area contributed by atoms with Gasteiger partial charge in [0.05, 0.1) is 19.5 Å². The van der Waals surface area contributed by atoms with E-state index in [1.807, 2.05) is 4.57 Å². The van der Waals surface area contributed by atoms with E-state index < -0.39 is 0 Å². The predicted molar refractivity (Wildman–Crippen MR) is 90.4 cm³/mol. The van der Waals surface area contributed by atoms with Gasteiger partial charge in [0.1, 0.15) is 12.4 Å². The number of nitrogens with zero attached hydrogens (tertiary/aromatic N) is 3. The quantitative estimate of drug-likeness (QED) is 0.495. The van der Waals surface area contributed by atoms with Crippen molar-refractivity contribution in [1.82, 2.24) is 14.8 Å². The maximum atomic E-state index is 11.3. The SMILES string of the molecule is COCCn1c(COc2ccc(Cl)cc2)nnc1SCC(=O)OC.